The van der Waals surface area contributed by atoms with Crippen molar-refractivity contribution in [2.45, 2.75) is 38.8 Å². The van der Waals surface area contributed by atoms with Crippen LogP contribution < -0.4 is 5.32 Å². The van der Waals surface area contributed by atoms with Crippen LogP contribution in [0.15, 0.2) is 18.2 Å². The van der Waals surface area contributed by atoms with E-state index in [1.54, 1.807) is 0 Å². The Morgan fingerprint density at radius 3 is 2.62 bits per heavy atom. The SMILES string of the molecule is CC1CCCCC1CNc1ccc(C(F)(F)F)cc1C#N. The van der Waals surface area contributed by atoms with Crippen LogP contribution >= 0.6 is 0 Å². The minimum Gasteiger partial charge on any atom is -0.384 e. The van der Waals surface area contributed by atoms with Gasteiger partial charge in [0.25, 0.3) is 0 Å². The van der Waals surface area contributed by atoms with E-state index in [9.17, 15) is 13.2 Å². The molecule has 0 radical (unpaired) electrons. The molecule has 2 nitrogen and oxygen atoms in total. The first-order chi connectivity index (χ1) is 9.91. The van der Waals surface area contributed by atoms with Gasteiger partial charge in [0.1, 0.15) is 6.07 Å². The second-order valence-corrected chi connectivity index (χ2v) is 5.77. The molecule has 0 saturated heterocycles. The van der Waals surface area contributed by atoms with E-state index in [0.29, 0.717) is 24.1 Å². The minimum atomic E-state index is -4.41. The molecule has 1 aliphatic rings. The summed E-state index contributed by atoms with van der Waals surface area (Å²) in [6.45, 7) is 2.92. The van der Waals surface area contributed by atoms with Gasteiger partial charge in [0.15, 0.2) is 0 Å². The Morgan fingerprint density at radius 1 is 1.29 bits per heavy atom. The van der Waals surface area contributed by atoms with Crippen molar-refractivity contribution in [3.8, 4) is 6.07 Å². The molecule has 1 aromatic carbocycles. The summed E-state index contributed by atoms with van der Waals surface area (Å²) in [6, 6.07) is 5.13. The van der Waals surface area contributed by atoms with Gasteiger partial charge in [0.05, 0.1) is 16.8 Å². The maximum Gasteiger partial charge on any atom is 0.416 e. The van der Waals surface area contributed by atoms with Gasteiger partial charge in [-0.1, -0.05) is 26.2 Å². The van der Waals surface area contributed by atoms with Gasteiger partial charge >= 0.3 is 6.18 Å². The first-order valence-corrected chi connectivity index (χ1v) is 7.27. The van der Waals surface area contributed by atoms with Crippen LogP contribution in [0.4, 0.5) is 18.9 Å². The number of nitrogens with zero attached hydrogens (tertiary/aromatic N) is 1. The Labute approximate surface area is 123 Å². The lowest BCUT2D eigenvalue weighted by atomic mass is 9.80. The second kappa shape index (κ2) is 6.38. The highest BCUT2D eigenvalue weighted by Crippen LogP contribution is 2.33. The lowest BCUT2D eigenvalue weighted by molar-refractivity contribution is -0.137. The third kappa shape index (κ3) is 3.90. The van der Waals surface area contributed by atoms with E-state index in [4.69, 9.17) is 5.26 Å². The van der Waals surface area contributed by atoms with Gasteiger partial charge in [0, 0.05) is 6.54 Å². The maximum absolute atomic E-state index is 12.6. The molecule has 0 amide bonds. The molecule has 1 aromatic rings. The lowest BCUT2D eigenvalue weighted by Crippen LogP contribution is -2.24. The number of hydrogen-bond acceptors (Lipinski definition) is 2. The molecule has 2 unspecified atom stereocenters. The van der Waals surface area contributed by atoms with Crippen molar-refractivity contribution in [2.75, 3.05) is 11.9 Å². The fourth-order valence-corrected chi connectivity index (χ4v) is 2.90. The highest BCUT2D eigenvalue weighted by atomic mass is 19.4. The fraction of sp³-hybridized carbons (Fsp3) is 0.562. The molecule has 21 heavy (non-hydrogen) atoms. The topological polar surface area (TPSA) is 35.8 Å². The Balaban J connectivity index is 2.08. The second-order valence-electron chi connectivity index (χ2n) is 5.77. The zero-order chi connectivity index (χ0) is 15.5. The first kappa shape index (κ1) is 15.7. The minimum absolute atomic E-state index is 0.0493. The number of hydrogen-bond donors (Lipinski definition) is 1. The summed E-state index contributed by atoms with van der Waals surface area (Å²) in [5.74, 6) is 1.14. The van der Waals surface area contributed by atoms with Crippen LogP contribution in [0.2, 0.25) is 0 Å². The van der Waals surface area contributed by atoms with Crippen LogP contribution in [0.25, 0.3) is 0 Å². The Bertz CT molecular complexity index is 531. The number of nitriles is 1. The van der Waals surface area contributed by atoms with Gasteiger partial charge in [-0.25, -0.2) is 0 Å². The van der Waals surface area contributed by atoms with Crippen molar-refractivity contribution in [1.82, 2.24) is 0 Å². The van der Waals surface area contributed by atoms with Crippen molar-refractivity contribution in [3.63, 3.8) is 0 Å². The molecule has 5 heteroatoms. The average Bonchev–Trinajstić information content (AvgIpc) is 2.45. The van der Waals surface area contributed by atoms with Crippen LogP contribution in [0.3, 0.4) is 0 Å². The molecule has 1 aliphatic carbocycles. The van der Waals surface area contributed by atoms with Crippen LogP contribution in [0, 0.1) is 23.2 Å². The Morgan fingerprint density at radius 2 is 2.00 bits per heavy atom. The van der Waals surface area contributed by atoms with Gasteiger partial charge in [-0.2, -0.15) is 18.4 Å². The zero-order valence-electron chi connectivity index (χ0n) is 12.0. The molecule has 0 spiro atoms. The Kier molecular flexibility index (Phi) is 4.76. The summed E-state index contributed by atoms with van der Waals surface area (Å²) in [4.78, 5) is 0. The molecule has 0 bridgehead atoms. The van der Waals surface area contributed by atoms with Crippen LogP contribution in [-0.2, 0) is 6.18 Å². The van der Waals surface area contributed by atoms with Crippen molar-refractivity contribution < 1.29 is 13.2 Å². The van der Waals surface area contributed by atoms with Gasteiger partial charge in [-0.3, -0.25) is 0 Å². The molecular formula is C16H19F3N2. The molecule has 0 aliphatic heterocycles. The van der Waals surface area contributed by atoms with Crippen molar-refractivity contribution in [1.29, 1.82) is 5.26 Å². The van der Waals surface area contributed by atoms with Crippen LogP contribution in [0.1, 0.15) is 43.7 Å². The third-order valence-electron chi connectivity index (χ3n) is 4.31. The molecule has 1 fully saturated rings. The fourth-order valence-electron chi connectivity index (χ4n) is 2.90. The summed E-state index contributed by atoms with van der Waals surface area (Å²) < 4.78 is 37.9. The van der Waals surface area contributed by atoms with Crippen LogP contribution in [0.5, 0.6) is 0 Å². The summed E-state index contributed by atoms with van der Waals surface area (Å²) in [6.07, 6.45) is 0.374. The lowest BCUT2D eigenvalue weighted by Gasteiger charge is -2.29. The van der Waals surface area contributed by atoms with Gasteiger partial charge in [-0.15, -0.1) is 0 Å². The number of benzene rings is 1. The number of nitrogens with one attached hydrogen (secondary N) is 1. The van der Waals surface area contributed by atoms with E-state index in [0.717, 1.165) is 18.6 Å². The molecular weight excluding hydrogens is 277 g/mol. The van der Waals surface area contributed by atoms with Gasteiger partial charge in [-0.05, 0) is 36.5 Å². The van der Waals surface area contributed by atoms with Crippen molar-refractivity contribution in [3.05, 3.63) is 29.3 Å². The summed E-state index contributed by atoms with van der Waals surface area (Å²) in [5.41, 5.74) is -0.243. The smallest absolute Gasteiger partial charge is 0.384 e. The van der Waals surface area contributed by atoms with E-state index in [-0.39, 0.29) is 5.56 Å². The van der Waals surface area contributed by atoms with Gasteiger partial charge in [0.2, 0.25) is 0 Å². The monoisotopic (exact) mass is 296 g/mol. The molecule has 2 rings (SSSR count). The molecule has 0 heterocycles. The quantitative estimate of drug-likeness (QED) is 0.868. The zero-order valence-corrected chi connectivity index (χ0v) is 12.0. The maximum atomic E-state index is 12.6. The third-order valence-corrected chi connectivity index (χ3v) is 4.31. The molecule has 2 atom stereocenters. The van der Waals surface area contributed by atoms with E-state index in [1.165, 1.54) is 25.3 Å². The predicted octanol–water partition coefficient (Wildman–Crippen LogP) is 4.82. The molecule has 1 saturated carbocycles. The molecule has 1 N–H and O–H groups in total. The van der Waals surface area contributed by atoms with Crippen LogP contribution in [-0.4, -0.2) is 6.54 Å². The largest absolute Gasteiger partial charge is 0.416 e. The number of halogens is 3. The van der Waals surface area contributed by atoms with E-state index in [1.807, 2.05) is 6.07 Å². The summed E-state index contributed by atoms with van der Waals surface area (Å²) >= 11 is 0. The predicted molar refractivity (Wildman–Crippen MR) is 75.8 cm³/mol. The van der Waals surface area contributed by atoms with E-state index < -0.39 is 11.7 Å². The number of alkyl halides is 3. The molecule has 114 valence electrons. The molecule has 0 aromatic heterocycles. The van der Waals surface area contributed by atoms with Crippen molar-refractivity contribution in [2.24, 2.45) is 11.8 Å². The standard InChI is InChI=1S/C16H19F3N2/c1-11-4-2-3-5-12(11)10-21-15-7-6-14(16(17,18)19)8-13(15)9-20/h6-8,11-12,21H,2-5,10H2,1H3. The highest BCUT2D eigenvalue weighted by molar-refractivity contribution is 5.59. The summed E-state index contributed by atoms with van der Waals surface area (Å²) in [7, 11) is 0. The van der Waals surface area contributed by atoms with E-state index >= 15 is 0 Å². The highest BCUT2D eigenvalue weighted by Gasteiger charge is 2.31. The summed E-state index contributed by atoms with van der Waals surface area (Å²) in [5, 5.41) is 12.2. The number of anilines is 1. The van der Waals surface area contributed by atoms with E-state index in [2.05, 4.69) is 12.2 Å². The first-order valence-electron chi connectivity index (χ1n) is 7.27. The van der Waals surface area contributed by atoms with Crippen molar-refractivity contribution >= 4 is 5.69 Å². The normalized spacial score (nSPS) is 22.6. The average molecular weight is 296 g/mol. The number of rotatable bonds is 3. The Hall–Kier alpha value is -1.70. The van der Waals surface area contributed by atoms with Gasteiger partial charge < -0.3 is 5.32 Å².